The molecule has 0 amide bonds. The molecule has 1 aliphatic carbocycles. The van der Waals surface area contributed by atoms with Crippen LogP contribution >= 0.6 is 22.9 Å². The smallest absolute Gasteiger partial charge is 0.213 e. The van der Waals surface area contributed by atoms with Crippen molar-refractivity contribution in [3.63, 3.8) is 0 Å². The van der Waals surface area contributed by atoms with E-state index in [1.54, 1.807) is 0 Å². The van der Waals surface area contributed by atoms with Gasteiger partial charge in [-0.2, -0.15) is 0 Å². The number of carbonyl (C=O) groups excluding carboxylic acids is 1. The lowest BCUT2D eigenvalue weighted by molar-refractivity contribution is -0.115. The lowest BCUT2D eigenvalue weighted by Crippen LogP contribution is -2.31. The molecule has 0 bridgehead atoms. The third-order valence-electron chi connectivity index (χ3n) is 4.37. The Hall–Kier alpha value is -2.01. The molecular formula is C20H25IN4O. The summed E-state index contributed by atoms with van der Waals surface area (Å²) in [6.07, 6.45) is 8.45. The highest BCUT2D eigenvalue weighted by atomic mass is 127. The summed E-state index contributed by atoms with van der Waals surface area (Å²) in [4.78, 5) is 19.6. The molecule has 6 heteroatoms. The van der Waals surface area contributed by atoms with Crippen LogP contribution in [-0.4, -0.2) is 33.3 Å². The molecule has 0 spiro atoms. The van der Waals surface area contributed by atoms with E-state index in [1.165, 1.54) is 0 Å². The van der Waals surface area contributed by atoms with Crippen molar-refractivity contribution in [1.82, 2.24) is 14.5 Å². The molecule has 0 unspecified atom stereocenters. The van der Waals surface area contributed by atoms with E-state index in [-0.39, 0.29) is 12.3 Å². The number of nitrogens with zero attached hydrogens (tertiary/aromatic N) is 3. The van der Waals surface area contributed by atoms with Crippen LogP contribution in [0.3, 0.4) is 0 Å². The second kappa shape index (κ2) is 9.62. The van der Waals surface area contributed by atoms with E-state index < -0.39 is 0 Å². The Kier molecular flexibility index (Phi) is 7.51. The van der Waals surface area contributed by atoms with Gasteiger partial charge in [0.1, 0.15) is 0 Å². The number of rotatable bonds is 7. The number of imidazole rings is 1. The van der Waals surface area contributed by atoms with Crippen molar-refractivity contribution in [1.29, 1.82) is 0 Å². The largest absolute Gasteiger partial charge is 0.375 e. The van der Waals surface area contributed by atoms with Crippen LogP contribution in [0.4, 0.5) is 5.95 Å². The average molecular weight is 464 g/mol. The van der Waals surface area contributed by atoms with Crippen LogP contribution in [0, 0.1) is 11.8 Å². The summed E-state index contributed by atoms with van der Waals surface area (Å²) in [5, 5.41) is 1.80. The maximum Gasteiger partial charge on any atom is 0.213 e. The van der Waals surface area contributed by atoms with Crippen molar-refractivity contribution in [3.8, 4) is 11.8 Å². The highest BCUT2D eigenvalue weighted by Gasteiger charge is 2.14. The van der Waals surface area contributed by atoms with Gasteiger partial charge in [0.05, 0.1) is 45.7 Å². The number of aromatic nitrogens is 2. The zero-order chi connectivity index (χ0) is 19.1. The Bertz CT molecular complexity index is 908. The van der Waals surface area contributed by atoms with Crippen LogP contribution in [0.25, 0.3) is 12.2 Å². The normalized spacial score (nSPS) is 15.0. The summed E-state index contributed by atoms with van der Waals surface area (Å²) >= 11 is 2.04. The van der Waals surface area contributed by atoms with Gasteiger partial charge in [-0.25, -0.2) is 4.98 Å². The fourth-order valence-electron chi connectivity index (χ4n) is 2.98. The number of hydrogen-bond acceptors (Lipinski definition) is 4. The number of hydrogen-bond donors (Lipinski definition) is 1. The van der Waals surface area contributed by atoms with Crippen molar-refractivity contribution >= 4 is 46.7 Å². The molecule has 0 aliphatic heterocycles. The van der Waals surface area contributed by atoms with Crippen molar-refractivity contribution < 1.29 is 4.79 Å². The summed E-state index contributed by atoms with van der Waals surface area (Å²) in [5.74, 6) is 6.83. The highest BCUT2D eigenvalue weighted by Crippen LogP contribution is 2.13. The average Bonchev–Trinajstić information content (AvgIpc) is 2.81. The molecule has 1 aromatic rings. The van der Waals surface area contributed by atoms with Crippen LogP contribution in [-0.2, 0) is 11.3 Å². The van der Waals surface area contributed by atoms with Crippen LogP contribution in [0.2, 0.25) is 0 Å². The first kappa shape index (κ1) is 20.3. The van der Waals surface area contributed by atoms with Gasteiger partial charge >= 0.3 is 0 Å². The minimum atomic E-state index is -0.00870. The van der Waals surface area contributed by atoms with Gasteiger partial charge in [-0.1, -0.05) is 24.0 Å². The monoisotopic (exact) mass is 464 g/mol. The quantitative estimate of drug-likeness (QED) is 0.383. The first-order chi connectivity index (χ1) is 12.6. The zero-order valence-electron chi connectivity index (χ0n) is 15.8. The molecule has 5 nitrogen and oxygen atoms in total. The summed E-state index contributed by atoms with van der Waals surface area (Å²) in [6.45, 7) is 10.2. The molecular weight excluding hydrogens is 439 g/mol. The molecule has 0 fully saturated rings. The lowest BCUT2D eigenvalue weighted by atomic mass is 10.1. The molecule has 0 atom stereocenters. The summed E-state index contributed by atoms with van der Waals surface area (Å²) < 4.78 is 4.93. The third kappa shape index (κ3) is 4.39. The SMILES string of the molecule is C/C=c1/nc(NI)n(CC(=O)C2=CC=C(N(CC)CC)CC#C2)/c1=C/C. The van der Waals surface area contributed by atoms with Gasteiger partial charge in [-0.05, 0) is 39.8 Å². The molecule has 26 heavy (non-hydrogen) atoms. The van der Waals surface area contributed by atoms with E-state index >= 15 is 0 Å². The van der Waals surface area contributed by atoms with E-state index in [1.807, 2.05) is 65.6 Å². The first-order valence-electron chi connectivity index (χ1n) is 8.83. The first-order valence-corrected chi connectivity index (χ1v) is 9.91. The van der Waals surface area contributed by atoms with Gasteiger partial charge in [-0.3, -0.25) is 8.32 Å². The number of ketones is 1. The Labute approximate surface area is 169 Å². The molecule has 1 N–H and O–H groups in total. The van der Waals surface area contributed by atoms with Gasteiger partial charge in [0.2, 0.25) is 5.95 Å². The fourth-order valence-corrected chi connectivity index (χ4v) is 3.39. The second-order valence-electron chi connectivity index (χ2n) is 5.78. The minimum Gasteiger partial charge on any atom is -0.375 e. The van der Waals surface area contributed by atoms with Gasteiger partial charge < -0.3 is 9.47 Å². The van der Waals surface area contributed by atoms with Crippen LogP contribution in [0.15, 0.2) is 23.4 Å². The molecule has 1 aliphatic rings. The fraction of sp³-hybridized carbons (Fsp3) is 0.400. The lowest BCUT2D eigenvalue weighted by Gasteiger charge is -2.22. The number of Topliss-reactive ketones (excluding diaryl/α,β-unsaturated/α-hetero) is 1. The van der Waals surface area contributed by atoms with E-state index in [0.29, 0.717) is 17.9 Å². The van der Waals surface area contributed by atoms with Crippen LogP contribution in [0.1, 0.15) is 34.1 Å². The maximum absolute atomic E-state index is 12.9. The van der Waals surface area contributed by atoms with Crippen molar-refractivity contribution in [2.45, 2.75) is 40.7 Å². The highest BCUT2D eigenvalue weighted by molar-refractivity contribution is 14.1. The van der Waals surface area contributed by atoms with Crippen molar-refractivity contribution in [3.05, 3.63) is 34.1 Å². The Morgan fingerprint density at radius 2 is 2.08 bits per heavy atom. The summed E-state index contributed by atoms with van der Waals surface area (Å²) in [5.41, 5.74) is 1.71. The zero-order valence-corrected chi connectivity index (χ0v) is 17.9. The Balaban J connectivity index is 2.34. The summed E-state index contributed by atoms with van der Waals surface area (Å²) in [7, 11) is 0. The van der Waals surface area contributed by atoms with E-state index in [0.717, 1.165) is 29.5 Å². The minimum absolute atomic E-state index is 0.00870. The number of nitrogens with one attached hydrogen (secondary N) is 1. The van der Waals surface area contributed by atoms with Gasteiger partial charge in [0, 0.05) is 25.2 Å². The molecule has 138 valence electrons. The number of carbonyl (C=O) groups is 1. The molecule has 0 saturated carbocycles. The van der Waals surface area contributed by atoms with Crippen molar-refractivity contribution in [2.24, 2.45) is 0 Å². The molecule has 0 saturated heterocycles. The van der Waals surface area contributed by atoms with E-state index in [9.17, 15) is 4.79 Å². The molecule has 2 rings (SSSR count). The summed E-state index contributed by atoms with van der Waals surface area (Å²) in [6, 6.07) is 0. The molecule has 1 heterocycles. The van der Waals surface area contributed by atoms with Gasteiger partial charge in [0.15, 0.2) is 5.78 Å². The van der Waals surface area contributed by atoms with Gasteiger partial charge in [0.25, 0.3) is 0 Å². The van der Waals surface area contributed by atoms with Crippen molar-refractivity contribution in [2.75, 3.05) is 16.6 Å². The Morgan fingerprint density at radius 1 is 1.35 bits per heavy atom. The number of halogens is 1. The second-order valence-corrected chi connectivity index (χ2v) is 6.32. The standard InChI is InChI=1S/C20H25IN4O/c1-5-17-18(6-2)25(20(22-17)23-21)14-19(26)15-10-9-11-16(13-12-15)24(7-3)8-4/h5-6,12-13H,7-8,11,14H2,1-4H3,(H,22,23)/b17-5+,18-6+. The van der Waals surface area contributed by atoms with E-state index in [4.69, 9.17) is 0 Å². The molecule has 0 aromatic carbocycles. The van der Waals surface area contributed by atoms with Crippen LogP contribution < -0.4 is 14.2 Å². The predicted molar refractivity (Wildman–Crippen MR) is 116 cm³/mol. The third-order valence-corrected chi connectivity index (χ3v) is 4.86. The van der Waals surface area contributed by atoms with Gasteiger partial charge in [-0.15, -0.1) is 0 Å². The van der Waals surface area contributed by atoms with E-state index in [2.05, 4.69) is 39.1 Å². The number of anilines is 1. The molecule has 1 aromatic heterocycles. The molecule has 0 radical (unpaired) electrons. The Morgan fingerprint density at radius 3 is 2.65 bits per heavy atom. The van der Waals surface area contributed by atoms with Crippen LogP contribution in [0.5, 0.6) is 0 Å². The predicted octanol–water partition coefficient (Wildman–Crippen LogP) is 2.37. The maximum atomic E-state index is 12.9. The topological polar surface area (TPSA) is 50.2 Å². The number of allylic oxidation sites excluding steroid dienone is 4.